The average molecular weight is 360 g/mol. The van der Waals surface area contributed by atoms with Crippen molar-refractivity contribution in [2.24, 2.45) is 5.92 Å². The second-order valence-corrected chi connectivity index (χ2v) is 6.84. The number of rotatable bonds is 4. The van der Waals surface area contributed by atoms with Crippen molar-refractivity contribution >= 4 is 34.6 Å². The Hall–Kier alpha value is -2.04. The van der Waals surface area contributed by atoms with Crippen molar-refractivity contribution < 1.29 is 4.79 Å². The van der Waals surface area contributed by atoms with Crippen LogP contribution in [0.25, 0.3) is 5.52 Å². The monoisotopic (exact) mass is 359 g/mol. The van der Waals surface area contributed by atoms with Crippen molar-refractivity contribution in [3.8, 4) is 0 Å². The van der Waals surface area contributed by atoms with Crippen LogP contribution in [0.4, 0.5) is 0 Å². The number of amides is 1. The van der Waals surface area contributed by atoms with E-state index in [1.54, 1.807) is 29.1 Å². The maximum atomic E-state index is 12.4. The molecule has 0 radical (unpaired) electrons. The lowest BCUT2D eigenvalue weighted by Gasteiger charge is -2.08. The van der Waals surface area contributed by atoms with E-state index < -0.39 is 0 Å². The molecule has 1 amide bonds. The molecule has 2 heterocycles. The zero-order chi connectivity index (χ0) is 16.7. The van der Waals surface area contributed by atoms with Gasteiger partial charge in [-0.25, -0.2) is 4.98 Å². The fraction of sp³-hybridized carbons (Fsp3) is 0.222. The number of imidazole rings is 1. The molecule has 4 nitrogen and oxygen atoms in total. The predicted molar refractivity (Wildman–Crippen MR) is 94.8 cm³/mol. The minimum atomic E-state index is -0.0959. The van der Waals surface area contributed by atoms with Gasteiger partial charge in [0.15, 0.2) is 0 Å². The molecule has 3 aromatic rings. The molecular weight excluding hydrogens is 345 g/mol. The van der Waals surface area contributed by atoms with E-state index in [9.17, 15) is 4.79 Å². The number of halogens is 2. The van der Waals surface area contributed by atoms with E-state index in [0.29, 0.717) is 34.1 Å². The molecule has 2 aromatic heterocycles. The van der Waals surface area contributed by atoms with Gasteiger partial charge in [-0.3, -0.25) is 9.20 Å². The van der Waals surface area contributed by atoms with Crippen molar-refractivity contribution in [1.82, 2.24) is 14.7 Å². The summed E-state index contributed by atoms with van der Waals surface area (Å²) in [4.78, 5) is 16.5. The number of aromatic nitrogens is 2. The Morgan fingerprint density at radius 1 is 1.25 bits per heavy atom. The van der Waals surface area contributed by atoms with E-state index in [-0.39, 0.29) is 5.91 Å². The van der Waals surface area contributed by atoms with Crippen LogP contribution in [-0.2, 0) is 0 Å². The highest BCUT2D eigenvalue weighted by molar-refractivity contribution is 6.42. The van der Waals surface area contributed by atoms with Crippen LogP contribution in [0.1, 0.15) is 28.4 Å². The number of pyridine rings is 1. The highest BCUT2D eigenvalue weighted by Gasteiger charge is 2.39. The van der Waals surface area contributed by atoms with Crippen molar-refractivity contribution in [3.05, 3.63) is 70.2 Å². The fourth-order valence-corrected chi connectivity index (χ4v) is 3.56. The first-order valence-corrected chi connectivity index (χ1v) is 8.54. The first-order valence-electron chi connectivity index (χ1n) is 7.78. The Kier molecular flexibility index (Phi) is 3.94. The Labute approximate surface area is 149 Å². The fourth-order valence-electron chi connectivity index (χ4n) is 3.11. The third kappa shape index (κ3) is 2.76. The smallest absolute Gasteiger partial charge is 0.268 e. The molecule has 2 atom stereocenters. The topological polar surface area (TPSA) is 46.4 Å². The van der Waals surface area contributed by atoms with Crippen LogP contribution in [0.2, 0.25) is 10.0 Å². The van der Waals surface area contributed by atoms with Gasteiger partial charge in [-0.1, -0.05) is 41.4 Å². The maximum absolute atomic E-state index is 12.4. The molecule has 1 aliphatic carbocycles. The van der Waals surface area contributed by atoms with E-state index >= 15 is 0 Å². The number of fused-ring (bicyclic) bond motifs is 1. The second kappa shape index (κ2) is 6.11. The lowest BCUT2D eigenvalue weighted by Crippen LogP contribution is -2.27. The standard InChI is InChI=1S/C18H15Cl2N3O/c19-15-5-2-4-13(17(15)20)14-7-11(14)8-22-18(24)16-6-1-3-12-9-21-10-23(12)16/h1-6,9-11,14H,7-8H2,(H,22,24)/t11-,14+/m0/s1. The number of hydrogen-bond donors (Lipinski definition) is 1. The Bertz CT molecular complexity index is 922. The summed E-state index contributed by atoms with van der Waals surface area (Å²) in [6.45, 7) is 0.622. The molecule has 0 aliphatic heterocycles. The van der Waals surface area contributed by atoms with Crippen LogP contribution in [0.15, 0.2) is 48.9 Å². The highest BCUT2D eigenvalue weighted by atomic mass is 35.5. The summed E-state index contributed by atoms with van der Waals surface area (Å²) in [5.41, 5.74) is 2.56. The zero-order valence-electron chi connectivity index (χ0n) is 12.7. The van der Waals surface area contributed by atoms with E-state index in [2.05, 4.69) is 10.3 Å². The van der Waals surface area contributed by atoms with E-state index in [4.69, 9.17) is 23.2 Å². The van der Waals surface area contributed by atoms with E-state index in [0.717, 1.165) is 17.5 Å². The number of benzene rings is 1. The molecule has 1 aliphatic rings. The van der Waals surface area contributed by atoms with Crippen molar-refractivity contribution in [2.75, 3.05) is 6.54 Å². The summed E-state index contributed by atoms with van der Waals surface area (Å²) in [7, 11) is 0. The summed E-state index contributed by atoms with van der Waals surface area (Å²) in [5.74, 6) is 0.661. The summed E-state index contributed by atoms with van der Waals surface area (Å²) in [5, 5.41) is 4.22. The summed E-state index contributed by atoms with van der Waals surface area (Å²) >= 11 is 12.4. The van der Waals surface area contributed by atoms with Gasteiger partial charge in [0.2, 0.25) is 0 Å². The van der Waals surface area contributed by atoms with Gasteiger partial charge in [-0.15, -0.1) is 0 Å². The van der Waals surface area contributed by atoms with Gasteiger partial charge < -0.3 is 5.32 Å². The molecule has 0 spiro atoms. The second-order valence-electron chi connectivity index (χ2n) is 6.05. The van der Waals surface area contributed by atoms with Crippen LogP contribution < -0.4 is 5.32 Å². The molecule has 1 fully saturated rings. The molecule has 122 valence electrons. The lowest BCUT2D eigenvalue weighted by atomic mass is 10.1. The number of carbonyl (C=O) groups excluding carboxylic acids is 1. The van der Waals surface area contributed by atoms with E-state index in [1.165, 1.54) is 0 Å². The third-order valence-electron chi connectivity index (χ3n) is 4.51. The maximum Gasteiger partial charge on any atom is 0.268 e. The first-order chi connectivity index (χ1) is 11.6. The molecule has 4 rings (SSSR count). The predicted octanol–water partition coefficient (Wildman–Crippen LogP) is 4.17. The first kappa shape index (κ1) is 15.5. The average Bonchev–Trinajstić information content (AvgIpc) is 3.19. The quantitative estimate of drug-likeness (QED) is 0.759. The van der Waals surface area contributed by atoms with Gasteiger partial charge >= 0.3 is 0 Å². The summed E-state index contributed by atoms with van der Waals surface area (Å²) in [6, 6.07) is 11.3. The molecule has 24 heavy (non-hydrogen) atoms. The summed E-state index contributed by atoms with van der Waals surface area (Å²) in [6.07, 6.45) is 4.39. The normalized spacial score (nSPS) is 19.4. The van der Waals surface area contributed by atoms with Crippen LogP contribution in [-0.4, -0.2) is 21.8 Å². The largest absolute Gasteiger partial charge is 0.350 e. The highest BCUT2D eigenvalue weighted by Crippen LogP contribution is 2.50. The molecule has 0 bridgehead atoms. The van der Waals surface area contributed by atoms with Crippen LogP contribution in [0.5, 0.6) is 0 Å². The molecular formula is C18H15Cl2N3O. The molecule has 6 heteroatoms. The minimum absolute atomic E-state index is 0.0959. The minimum Gasteiger partial charge on any atom is -0.350 e. The molecule has 0 saturated heterocycles. The Morgan fingerprint density at radius 3 is 2.96 bits per heavy atom. The van der Waals surface area contributed by atoms with Gasteiger partial charge in [-0.2, -0.15) is 0 Å². The van der Waals surface area contributed by atoms with Crippen molar-refractivity contribution in [2.45, 2.75) is 12.3 Å². The molecule has 1 N–H and O–H groups in total. The van der Waals surface area contributed by atoms with Gasteiger partial charge in [0.1, 0.15) is 5.69 Å². The molecule has 1 saturated carbocycles. The van der Waals surface area contributed by atoms with Gasteiger partial charge in [0, 0.05) is 6.54 Å². The third-order valence-corrected chi connectivity index (χ3v) is 5.34. The van der Waals surface area contributed by atoms with Gasteiger partial charge in [0.25, 0.3) is 5.91 Å². The SMILES string of the molecule is O=C(NC[C@@H]1C[C@H]1c1cccc(Cl)c1Cl)c1cccc2cncn12. The lowest BCUT2D eigenvalue weighted by molar-refractivity contribution is 0.0945. The number of nitrogens with zero attached hydrogens (tertiary/aromatic N) is 2. The zero-order valence-corrected chi connectivity index (χ0v) is 14.3. The summed E-state index contributed by atoms with van der Waals surface area (Å²) < 4.78 is 1.79. The Balaban J connectivity index is 1.42. The van der Waals surface area contributed by atoms with Crippen LogP contribution in [0.3, 0.4) is 0 Å². The Morgan fingerprint density at radius 2 is 2.08 bits per heavy atom. The number of hydrogen-bond acceptors (Lipinski definition) is 2. The molecule has 0 unspecified atom stereocenters. The van der Waals surface area contributed by atoms with Crippen LogP contribution >= 0.6 is 23.2 Å². The number of carbonyl (C=O) groups is 1. The van der Waals surface area contributed by atoms with E-state index in [1.807, 2.05) is 24.3 Å². The van der Waals surface area contributed by atoms with Gasteiger partial charge in [-0.05, 0) is 42.0 Å². The van der Waals surface area contributed by atoms with Crippen molar-refractivity contribution in [3.63, 3.8) is 0 Å². The number of nitrogens with one attached hydrogen (secondary N) is 1. The van der Waals surface area contributed by atoms with Gasteiger partial charge in [0.05, 0.1) is 28.1 Å². The van der Waals surface area contributed by atoms with Crippen molar-refractivity contribution in [1.29, 1.82) is 0 Å². The molecule has 1 aromatic carbocycles. The van der Waals surface area contributed by atoms with Crippen LogP contribution in [0, 0.1) is 5.92 Å².